The Balaban J connectivity index is 1.88. The molecule has 0 spiro atoms. The Labute approximate surface area is 162 Å². The molecule has 7 heteroatoms. The summed E-state index contributed by atoms with van der Waals surface area (Å²) in [6, 6.07) is 13.4. The fraction of sp³-hybridized carbons (Fsp3) is 0.250. The number of hydrogen-bond acceptors (Lipinski definition) is 4. The lowest BCUT2D eigenvalue weighted by atomic mass is 10.2. The summed E-state index contributed by atoms with van der Waals surface area (Å²) >= 11 is 1.34. The first-order valence-electron chi connectivity index (χ1n) is 8.64. The SMILES string of the molecule is CCCCC(=O)Nc1cccc(SCC(=O)Nc2cccc(C(=O)O)c2)c1. The monoisotopic (exact) mass is 386 g/mol. The van der Waals surface area contributed by atoms with Gasteiger partial charge < -0.3 is 15.7 Å². The van der Waals surface area contributed by atoms with E-state index in [0.29, 0.717) is 17.8 Å². The fourth-order valence-electron chi connectivity index (χ4n) is 2.30. The molecule has 142 valence electrons. The highest BCUT2D eigenvalue weighted by molar-refractivity contribution is 8.00. The summed E-state index contributed by atoms with van der Waals surface area (Å²) in [5, 5.41) is 14.5. The van der Waals surface area contributed by atoms with Crippen LogP contribution in [-0.4, -0.2) is 28.6 Å². The minimum atomic E-state index is -1.04. The number of rotatable bonds is 9. The molecule has 0 unspecified atom stereocenters. The Morgan fingerprint density at radius 2 is 1.63 bits per heavy atom. The highest BCUT2D eigenvalue weighted by Gasteiger charge is 2.08. The predicted molar refractivity (Wildman–Crippen MR) is 107 cm³/mol. The van der Waals surface area contributed by atoms with Gasteiger partial charge in [-0.15, -0.1) is 11.8 Å². The number of unbranched alkanes of at least 4 members (excludes halogenated alkanes) is 1. The van der Waals surface area contributed by atoms with Crippen LogP contribution < -0.4 is 10.6 Å². The fourth-order valence-corrected chi connectivity index (χ4v) is 3.06. The molecule has 0 saturated heterocycles. The largest absolute Gasteiger partial charge is 0.478 e. The summed E-state index contributed by atoms with van der Waals surface area (Å²) in [4.78, 5) is 35.7. The van der Waals surface area contributed by atoms with E-state index < -0.39 is 5.97 Å². The first-order valence-corrected chi connectivity index (χ1v) is 9.62. The van der Waals surface area contributed by atoms with E-state index in [1.165, 1.54) is 23.9 Å². The van der Waals surface area contributed by atoms with Gasteiger partial charge in [-0.3, -0.25) is 9.59 Å². The number of carbonyl (C=O) groups is 3. The number of carboxylic acids is 1. The lowest BCUT2D eigenvalue weighted by molar-refractivity contribution is -0.116. The molecule has 0 aliphatic heterocycles. The van der Waals surface area contributed by atoms with Gasteiger partial charge in [0, 0.05) is 22.7 Å². The highest BCUT2D eigenvalue weighted by atomic mass is 32.2. The average Bonchev–Trinajstić information content (AvgIpc) is 2.65. The molecule has 0 atom stereocenters. The van der Waals surface area contributed by atoms with E-state index in [2.05, 4.69) is 10.6 Å². The Kier molecular flexibility index (Phi) is 7.88. The van der Waals surface area contributed by atoms with Gasteiger partial charge in [-0.2, -0.15) is 0 Å². The van der Waals surface area contributed by atoms with Crippen LogP contribution in [0.4, 0.5) is 11.4 Å². The molecule has 0 aliphatic carbocycles. The van der Waals surface area contributed by atoms with Crippen molar-refractivity contribution >= 4 is 40.9 Å². The van der Waals surface area contributed by atoms with Crippen LogP contribution in [0, 0.1) is 0 Å². The van der Waals surface area contributed by atoms with E-state index >= 15 is 0 Å². The second-order valence-corrected chi connectivity index (χ2v) is 6.95. The molecule has 2 aromatic carbocycles. The van der Waals surface area contributed by atoms with Gasteiger partial charge in [-0.1, -0.05) is 25.5 Å². The van der Waals surface area contributed by atoms with E-state index in [1.807, 2.05) is 31.2 Å². The number of amides is 2. The minimum absolute atomic E-state index is 0.0185. The lowest BCUT2D eigenvalue weighted by Crippen LogP contribution is -2.14. The van der Waals surface area contributed by atoms with Crippen molar-refractivity contribution < 1.29 is 19.5 Å². The number of anilines is 2. The molecule has 2 aromatic rings. The molecule has 0 saturated carbocycles. The van der Waals surface area contributed by atoms with Gasteiger partial charge in [0.05, 0.1) is 11.3 Å². The summed E-state index contributed by atoms with van der Waals surface area (Å²) in [7, 11) is 0. The molecule has 0 bridgehead atoms. The van der Waals surface area contributed by atoms with E-state index in [9.17, 15) is 14.4 Å². The van der Waals surface area contributed by atoms with Crippen LogP contribution in [-0.2, 0) is 9.59 Å². The topological polar surface area (TPSA) is 95.5 Å². The molecule has 0 fully saturated rings. The molecule has 0 radical (unpaired) electrons. The summed E-state index contributed by atoms with van der Waals surface area (Å²) in [6.07, 6.45) is 2.31. The van der Waals surface area contributed by atoms with Crippen LogP contribution in [0.1, 0.15) is 36.5 Å². The number of carbonyl (C=O) groups excluding carboxylic acids is 2. The number of nitrogens with one attached hydrogen (secondary N) is 2. The number of carboxylic acid groups (broad SMARTS) is 1. The van der Waals surface area contributed by atoms with Crippen molar-refractivity contribution in [2.75, 3.05) is 16.4 Å². The Morgan fingerprint density at radius 3 is 2.33 bits per heavy atom. The molecule has 0 aliphatic rings. The quantitative estimate of drug-likeness (QED) is 0.560. The van der Waals surface area contributed by atoms with Crippen molar-refractivity contribution in [3.8, 4) is 0 Å². The normalized spacial score (nSPS) is 10.3. The maximum atomic E-state index is 12.1. The molecule has 27 heavy (non-hydrogen) atoms. The van der Waals surface area contributed by atoms with Gasteiger partial charge in [-0.05, 0) is 42.8 Å². The molecule has 0 aromatic heterocycles. The number of aromatic carboxylic acids is 1. The molecule has 2 amide bonds. The maximum absolute atomic E-state index is 12.1. The molecule has 2 rings (SSSR count). The number of hydrogen-bond donors (Lipinski definition) is 3. The summed E-state index contributed by atoms with van der Waals surface area (Å²) in [6.45, 7) is 2.04. The first-order chi connectivity index (χ1) is 13.0. The Bertz CT molecular complexity index is 823. The van der Waals surface area contributed by atoms with Crippen molar-refractivity contribution in [1.29, 1.82) is 0 Å². The van der Waals surface area contributed by atoms with Gasteiger partial charge in [0.2, 0.25) is 11.8 Å². The van der Waals surface area contributed by atoms with Crippen LogP contribution in [0.2, 0.25) is 0 Å². The Hall–Kier alpha value is -2.80. The second kappa shape index (κ2) is 10.4. The minimum Gasteiger partial charge on any atom is -0.478 e. The van der Waals surface area contributed by atoms with Crippen LogP contribution in [0.3, 0.4) is 0 Å². The lowest BCUT2D eigenvalue weighted by Gasteiger charge is -2.08. The predicted octanol–water partition coefficient (Wildman–Crippen LogP) is 4.24. The third-order valence-electron chi connectivity index (χ3n) is 3.64. The summed E-state index contributed by atoms with van der Waals surface area (Å²) in [5.41, 5.74) is 1.26. The van der Waals surface area contributed by atoms with Crippen molar-refractivity contribution in [2.45, 2.75) is 31.1 Å². The van der Waals surface area contributed by atoms with Gasteiger partial charge in [0.1, 0.15) is 0 Å². The standard InChI is InChI=1S/C20H22N2O4S/c1-2-3-10-18(23)21-16-8-5-9-17(12-16)27-13-19(24)22-15-7-4-6-14(11-15)20(25)26/h4-9,11-12H,2-3,10,13H2,1H3,(H,21,23)(H,22,24)(H,25,26). The first kappa shape index (κ1) is 20.5. The highest BCUT2D eigenvalue weighted by Crippen LogP contribution is 2.22. The maximum Gasteiger partial charge on any atom is 0.335 e. The molecular formula is C20H22N2O4S. The molecule has 3 N–H and O–H groups in total. The zero-order valence-corrected chi connectivity index (χ0v) is 15.8. The van der Waals surface area contributed by atoms with Crippen LogP contribution in [0.15, 0.2) is 53.4 Å². The zero-order valence-electron chi connectivity index (χ0n) is 15.0. The van der Waals surface area contributed by atoms with Crippen LogP contribution >= 0.6 is 11.8 Å². The summed E-state index contributed by atoms with van der Waals surface area (Å²) < 4.78 is 0. The van der Waals surface area contributed by atoms with Gasteiger partial charge in [-0.25, -0.2) is 4.79 Å². The van der Waals surface area contributed by atoms with E-state index in [1.54, 1.807) is 12.1 Å². The van der Waals surface area contributed by atoms with E-state index in [-0.39, 0.29) is 23.1 Å². The van der Waals surface area contributed by atoms with Crippen molar-refractivity contribution in [2.24, 2.45) is 0 Å². The van der Waals surface area contributed by atoms with Crippen molar-refractivity contribution in [1.82, 2.24) is 0 Å². The Morgan fingerprint density at radius 1 is 0.963 bits per heavy atom. The van der Waals surface area contributed by atoms with Crippen molar-refractivity contribution in [3.63, 3.8) is 0 Å². The van der Waals surface area contributed by atoms with E-state index in [0.717, 1.165) is 17.7 Å². The smallest absolute Gasteiger partial charge is 0.335 e. The number of benzene rings is 2. The average molecular weight is 386 g/mol. The van der Waals surface area contributed by atoms with Gasteiger partial charge >= 0.3 is 5.97 Å². The molecule has 0 heterocycles. The van der Waals surface area contributed by atoms with Gasteiger partial charge in [0.25, 0.3) is 0 Å². The zero-order chi connectivity index (χ0) is 19.6. The third kappa shape index (κ3) is 7.15. The van der Waals surface area contributed by atoms with E-state index in [4.69, 9.17) is 5.11 Å². The third-order valence-corrected chi connectivity index (χ3v) is 4.63. The van der Waals surface area contributed by atoms with Crippen molar-refractivity contribution in [3.05, 3.63) is 54.1 Å². The van der Waals surface area contributed by atoms with Gasteiger partial charge in [0.15, 0.2) is 0 Å². The summed E-state index contributed by atoms with van der Waals surface area (Å²) in [5.74, 6) is -1.13. The second-order valence-electron chi connectivity index (χ2n) is 5.90. The van der Waals surface area contributed by atoms with Crippen LogP contribution in [0.5, 0.6) is 0 Å². The molecular weight excluding hydrogens is 364 g/mol. The van der Waals surface area contributed by atoms with Crippen LogP contribution in [0.25, 0.3) is 0 Å². The number of thioether (sulfide) groups is 1. The molecule has 6 nitrogen and oxygen atoms in total.